The predicted molar refractivity (Wildman–Crippen MR) is 95.4 cm³/mol. The predicted octanol–water partition coefficient (Wildman–Crippen LogP) is 3.24. The van der Waals surface area contributed by atoms with Crippen molar-refractivity contribution in [1.29, 1.82) is 0 Å². The van der Waals surface area contributed by atoms with Gasteiger partial charge in [0.2, 0.25) is 10.0 Å². The molecule has 0 aliphatic heterocycles. The number of esters is 1. The number of sulfonamides is 1. The number of benzene rings is 2. The standard InChI is InChI=1S/C17H18BrNO4S/c1-3-13-4-8-15(9-5-13)23-17(20)12-19(2)24(21,22)16-10-6-14(18)7-11-16/h4-11H,3,12H2,1-2H3. The molecule has 0 aliphatic rings. The van der Waals surface area contributed by atoms with Gasteiger partial charge in [0.15, 0.2) is 0 Å². The number of hydrogen-bond donors (Lipinski definition) is 0. The molecular weight excluding hydrogens is 394 g/mol. The topological polar surface area (TPSA) is 63.7 Å². The summed E-state index contributed by atoms with van der Waals surface area (Å²) < 4.78 is 31.8. The van der Waals surface area contributed by atoms with Crippen LogP contribution >= 0.6 is 15.9 Å². The molecule has 0 saturated heterocycles. The van der Waals surface area contributed by atoms with Gasteiger partial charge in [0, 0.05) is 11.5 Å². The van der Waals surface area contributed by atoms with E-state index in [2.05, 4.69) is 15.9 Å². The molecule has 0 aliphatic carbocycles. The summed E-state index contributed by atoms with van der Waals surface area (Å²) in [5.41, 5.74) is 1.13. The third-order valence-corrected chi connectivity index (χ3v) is 5.78. The number of halogens is 1. The third-order valence-electron chi connectivity index (χ3n) is 3.44. The van der Waals surface area contributed by atoms with E-state index in [0.717, 1.165) is 20.8 Å². The van der Waals surface area contributed by atoms with Crippen LogP contribution in [-0.2, 0) is 21.2 Å². The molecule has 2 aromatic rings. The number of hydrogen-bond acceptors (Lipinski definition) is 4. The Hall–Kier alpha value is -1.70. The van der Waals surface area contributed by atoms with Gasteiger partial charge < -0.3 is 4.74 Å². The molecule has 0 spiro atoms. The Bertz CT molecular complexity index is 801. The van der Waals surface area contributed by atoms with Crippen molar-refractivity contribution < 1.29 is 17.9 Å². The Morgan fingerprint density at radius 2 is 1.67 bits per heavy atom. The van der Waals surface area contributed by atoms with E-state index in [1.54, 1.807) is 24.3 Å². The summed E-state index contributed by atoms with van der Waals surface area (Å²) in [6.45, 7) is 1.66. The van der Waals surface area contributed by atoms with Crippen LogP contribution < -0.4 is 4.74 Å². The van der Waals surface area contributed by atoms with E-state index in [0.29, 0.717) is 5.75 Å². The molecule has 2 rings (SSSR count). The second-order valence-electron chi connectivity index (χ2n) is 5.19. The molecular formula is C17H18BrNO4S. The van der Waals surface area contributed by atoms with Crippen molar-refractivity contribution >= 4 is 31.9 Å². The molecule has 7 heteroatoms. The maximum Gasteiger partial charge on any atom is 0.326 e. The fourth-order valence-electron chi connectivity index (χ4n) is 2.01. The number of nitrogens with zero attached hydrogens (tertiary/aromatic N) is 1. The summed E-state index contributed by atoms with van der Waals surface area (Å²) in [4.78, 5) is 12.1. The minimum absolute atomic E-state index is 0.119. The average Bonchev–Trinajstić information content (AvgIpc) is 2.55. The van der Waals surface area contributed by atoms with Crippen molar-refractivity contribution in [2.45, 2.75) is 18.2 Å². The van der Waals surface area contributed by atoms with Crippen LogP contribution in [0.2, 0.25) is 0 Å². The minimum atomic E-state index is -3.74. The van der Waals surface area contributed by atoms with Crippen LogP contribution in [0, 0.1) is 0 Å². The highest BCUT2D eigenvalue weighted by Gasteiger charge is 2.23. The summed E-state index contributed by atoms with van der Waals surface area (Å²) >= 11 is 3.25. The molecule has 0 radical (unpaired) electrons. The van der Waals surface area contributed by atoms with E-state index in [1.807, 2.05) is 19.1 Å². The largest absolute Gasteiger partial charge is 0.426 e. The number of rotatable bonds is 6. The molecule has 0 fully saturated rings. The first-order valence-electron chi connectivity index (χ1n) is 7.34. The van der Waals surface area contributed by atoms with Crippen LogP contribution in [0.25, 0.3) is 0 Å². The van der Waals surface area contributed by atoms with E-state index in [9.17, 15) is 13.2 Å². The quantitative estimate of drug-likeness (QED) is 0.540. The normalized spacial score (nSPS) is 11.5. The lowest BCUT2D eigenvalue weighted by atomic mass is 10.2. The fraction of sp³-hybridized carbons (Fsp3) is 0.235. The van der Waals surface area contributed by atoms with E-state index in [4.69, 9.17) is 4.74 Å². The Balaban J connectivity index is 2.03. The fourth-order valence-corrected chi connectivity index (χ4v) is 3.39. The van der Waals surface area contributed by atoms with Crippen molar-refractivity contribution in [2.75, 3.05) is 13.6 Å². The Morgan fingerprint density at radius 1 is 1.08 bits per heavy atom. The first-order chi connectivity index (χ1) is 11.3. The number of carbonyl (C=O) groups is 1. The van der Waals surface area contributed by atoms with Crippen LogP contribution in [0.5, 0.6) is 5.75 Å². The monoisotopic (exact) mass is 411 g/mol. The molecule has 0 bridgehead atoms. The van der Waals surface area contributed by atoms with Crippen LogP contribution in [0.1, 0.15) is 12.5 Å². The average molecular weight is 412 g/mol. The molecule has 0 atom stereocenters. The van der Waals surface area contributed by atoms with Gasteiger partial charge in [0.1, 0.15) is 12.3 Å². The highest BCUT2D eigenvalue weighted by molar-refractivity contribution is 9.10. The zero-order valence-electron chi connectivity index (χ0n) is 13.4. The summed E-state index contributed by atoms with van der Waals surface area (Å²) in [6, 6.07) is 13.3. The van der Waals surface area contributed by atoms with Gasteiger partial charge in [-0.25, -0.2) is 8.42 Å². The van der Waals surface area contributed by atoms with Gasteiger partial charge in [0.25, 0.3) is 0 Å². The molecule has 0 saturated carbocycles. The first kappa shape index (κ1) is 18.6. The van der Waals surface area contributed by atoms with E-state index < -0.39 is 16.0 Å². The summed E-state index contributed by atoms with van der Waals surface area (Å²) in [6.07, 6.45) is 0.891. The maximum atomic E-state index is 12.4. The Labute approximate surface area is 150 Å². The van der Waals surface area contributed by atoms with Gasteiger partial charge in [-0.15, -0.1) is 0 Å². The molecule has 0 amide bonds. The van der Waals surface area contributed by atoms with Gasteiger partial charge >= 0.3 is 5.97 Å². The molecule has 128 valence electrons. The van der Waals surface area contributed by atoms with Crippen LogP contribution in [0.4, 0.5) is 0 Å². The molecule has 5 nitrogen and oxygen atoms in total. The van der Waals surface area contributed by atoms with E-state index >= 15 is 0 Å². The van der Waals surface area contributed by atoms with Crippen LogP contribution in [0.15, 0.2) is 57.9 Å². The Morgan fingerprint density at radius 3 is 2.21 bits per heavy atom. The summed E-state index contributed by atoms with van der Waals surface area (Å²) in [5.74, 6) is -0.242. The van der Waals surface area contributed by atoms with Gasteiger partial charge in [0.05, 0.1) is 4.90 Å². The molecule has 0 heterocycles. The van der Waals surface area contributed by atoms with Crippen molar-refractivity contribution in [2.24, 2.45) is 0 Å². The van der Waals surface area contributed by atoms with Crippen molar-refractivity contribution in [3.8, 4) is 5.75 Å². The molecule has 24 heavy (non-hydrogen) atoms. The molecule has 0 N–H and O–H groups in total. The SMILES string of the molecule is CCc1ccc(OC(=O)CN(C)S(=O)(=O)c2ccc(Br)cc2)cc1. The van der Waals surface area contributed by atoms with Gasteiger partial charge in [-0.3, -0.25) is 4.79 Å². The molecule has 2 aromatic carbocycles. The lowest BCUT2D eigenvalue weighted by Crippen LogP contribution is -2.34. The lowest BCUT2D eigenvalue weighted by molar-refractivity contribution is -0.134. The minimum Gasteiger partial charge on any atom is -0.426 e. The molecule has 0 unspecified atom stereocenters. The van der Waals surface area contributed by atoms with Crippen molar-refractivity contribution in [1.82, 2.24) is 4.31 Å². The summed E-state index contributed by atoms with van der Waals surface area (Å²) in [7, 11) is -2.40. The van der Waals surface area contributed by atoms with Crippen LogP contribution in [0.3, 0.4) is 0 Å². The van der Waals surface area contributed by atoms with Gasteiger partial charge in [-0.2, -0.15) is 4.31 Å². The number of likely N-dealkylation sites (N-methyl/N-ethyl adjacent to an activating group) is 1. The van der Waals surface area contributed by atoms with Crippen LogP contribution in [-0.4, -0.2) is 32.3 Å². The third kappa shape index (κ3) is 4.66. The smallest absolute Gasteiger partial charge is 0.326 e. The highest BCUT2D eigenvalue weighted by Crippen LogP contribution is 2.18. The second-order valence-corrected chi connectivity index (χ2v) is 8.15. The molecule has 0 aromatic heterocycles. The van der Waals surface area contributed by atoms with Crippen molar-refractivity contribution in [3.05, 3.63) is 58.6 Å². The zero-order valence-corrected chi connectivity index (χ0v) is 15.8. The van der Waals surface area contributed by atoms with E-state index in [1.165, 1.54) is 19.2 Å². The number of aryl methyl sites for hydroxylation is 1. The highest BCUT2D eigenvalue weighted by atomic mass is 79.9. The Kier molecular flexibility index (Phi) is 6.15. The zero-order chi connectivity index (χ0) is 17.7. The lowest BCUT2D eigenvalue weighted by Gasteiger charge is -2.16. The van der Waals surface area contributed by atoms with Gasteiger partial charge in [-0.05, 0) is 48.4 Å². The number of carbonyl (C=O) groups excluding carboxylic acids is 1. The summed E-state index contributed by atoms with van der Waals surface area (Å²) in [5, 5.41) is 0. The second kappa shape index (κ2) is 7.92. The first-order valence-corrected chi connectivity index (χ1v) is 9.57. The number of ether oxygens (including phenoxy) is 1. The van der Waals surface area contributed by atoms with Gasteiger partial charge in [-0.1, -0.05) is 35.0 Å². The van der Waals surface area contributed by atoms with E-state index in [-0.39, 0.29) is 11.4 Å². The van der Waals surface area contributed by atoms with Crippen molar-refractivity contribution in [3.63, 3.8) is 0 Å². The maximum absolute atomic E-state index is 12.4.